The van der Waals surface area contributed by atoms with Gasteiger partial charge in [0.1, 0.15) is 48.0 Å². The Balaban J connectivity index is 1.70. The first-order valence-electron chi connectivity index (χ1n) is 22.6. The third-order valence-electron chi connectivity index (χ3n) is 11.2. The molecule has 2 aromatic carbocycles. The molecule has 71 heavy (non-hydrogen) atoms. The van der Waals surface area contributed by atoms with Gasteiger partial charge in [0.2, 0.25) is 59.1 Å². The predicted molar refractivity (Wildman–Crippen MR) is 263 cm³/mol. The van der Waals surface area contributed by atoms with Crippen molar-refractivity contribution in [1.29, 1.82) is 0 Å². The van der Waals surface area contributed by atoms with Crippen LogP contribution in [0.1, 0.15) is 56.1 Å². The lowest BCUT2D eigenvalue weighted by Gasteiger charge is -2.30. The molecule has 0 saturated carbocycles. The Bertz CT molecular complexity index is 2270. The number of hydrogen-bond acceptors (Lipinski definition) is 15. The maximum atomic E-state index is 14.5. The lowest BCUT2D eigenvalue weighted by atomic mass is 10.0. The summed E-state index contributed by atoms with van der Waals surface area (Å²) < 4.78 is 0. The molecule has 0 radical (unpaired) electrons. The van der Waals surface area contributed by atoms with Crippen LogP contribution in [0.5, 0.6) is 5.75 Å². The van der Waals surface area contributed by atoms with E-state index in [1.54, 1.807) is 30.3 Å². The van der Waals surface area contributed by atoms with Crippen LogP contribution in [0.15, 0.2) is 59.6 Å². The normalized spacial score (nSPS) is 23.3. The topological polar surface area (TPSA) is 435 Å². The number of carbonyl (C=O) groups excluding carboxylic acids is 10. The average Bonchev–Trinajstić information content (AvgIpc) is 3.82. The fourth-order valence-electron chi connectivity index (χ4n) is 7.52. The van der Waals surface area contributed by atoms with Gasteiger partial charge in [-0.3, -0.25) is 52.9 Å². The lowest BCUT2D eigenvalue weighted by Crippen LogP contribution is -2.61. The molecule has 2 saturated heterocycles. The molecule has 0 spiro atoms. The molecule has 10 amide bonds. The van der Waals surface area contributed by atoms with Crippen LogP contribution in [-0.2, 0) is 60.8 Å². The number of guanidine groups is 1. The smallest absolute Gasteiger partial charge is 0.246 e. The van der Waals surface area contributed by atoms with Crippen molar-refractivity contribution in [2.24, 2.45) is 39.4 Å². The lowest BCUT2D eigenvalue weighted by molar-refractivity contribution is -0.142. The van der Waals surface area contributed by atoms with Gasteiger partial charge in [0.05, 0.1) is 12.5 Å². The molecule has 2 fully saturated rings. The van der Waals surface area contributed by atoms with E-state index in [4.69, 9.17) is 34.4 Å². The van der Waals surface area contributed by atoms with Gasteiger partial charge in [-0.25, -0.2) is 0 Å². The Morgan fingerprint density at radius 1 is 0.718 bits per heavy atom. The van der Waals surface area contributed by atoms with Crippen molar-refractivity contribution < 1.29 is 53.1 Å². The first kappa shape index (κ1) is 56.5. The minimum atomic E-state index is -1.77. The van der Waals surface area contributed by atoms with Crippen LogP contribution in [0.25, 0.3) is 0 Å². The highest BCUT2D eigenvalue weighted by atomic mass is 33.1. The zero-order valence-electron chi connectivity index (χ0n) is 38.7. The first-order valence-corrected chi connectivity index (χ1v) is 25.1. The molecule has 0 aliphatic carbocycles. The van der Waals surface area contributed by atoms with Crippen LogP contribution < -0.4 is 66.3 Å². The second kappa shape index (κ2) is 27.9. The van der Waals surface area contributed by atoms with E-state index in [-0.39, 0.29) is 68.4 Å². The zero-order chi connectivity index (χ0) is 52.2. The summed E-state index contributed by atoms with van der Waals surface area (Å²) in [6.07, 6.45) is -1.06. The van der Waals surface area contributed by atoms with Gasteiger partial charge in [0.15, 0.2) is 5.96 Å². The molecule has 0 bridgehead atoms. The summed E-state index contributed by atoms with van der Waals surface area (Å²) in [5.74, 6) is -9.45. The molecule has 25 nitrogen and oxygen atoms in total. The van der Waals surface area contributed by atoms with Crippen LogP contribution in [-0.4, -0.2) is 148 Å². The summed E-state index contributed by atoms with van der Waals surface area (Å²) >= 11 is 0. The number of nitrogens with one attached hydrogen (secondary N) is 6. The molecule has 0 aromatic heterocycles. The molecule has 2 heterocycles. The fraction of sp³-hybridized carbons (Fsp3) is 0.477. The summed E-state index contributed by atoms with van der Waals surface area (Å²) in [4.78, 5) is 140. The molecule has 27 heteroatoms. The third-order valence-corrected chi connectivity index (χ3v) is 13.7. The minimum absolute atomic E-state index is 0.0464. The SMILES string of the molecule is NC(=O)CC[C@@H]1NC(=O)[C@H](Cc2ccccc2)NC(=O)[C@H](Cc2ccc(O)cc2)NC(=O)[C@@H](N)CSSC[C@@H](C(=O)N2CCC[C@H]2C(=O)N[C@@H](CCCN=C(N)N)C(N)=O)NC(=O)[C@H](CC(N)=O)NC1=O. The van der Waals surface area contributed by atoms with Crippen LogP contribution in [0.3, 0.4) is 0 Å². The number of benzene rings is 2. The van der Waals surface area contributed by atoms with Crippen molar-refractivity contribution in [2.75, 3.05) is 24.6 Å². The maximum absolute atomic E-state index is 14.5. The Morgan fingerprint density at radius 3 is 1.89 bits per heavy atom. The summed E-state index contributed by atoms with van der Waals surface area (Å²) in [7, 11) is 2.04. The van der Waals surface area contributed by atoms with E-state index in [0.29, 0.717) is 17.5 Å². The van der Waals surface area contributed by atoms with E-state index >= 15 is 0 Å². The number of rotatable bonds is 17. The van der Waals surface area contributed by atoms with Gasteiger partial charge >= 0.3 is 0 Å². The van der Waals surface area contributed by atoms with E-state index in [0.717, 1.165) is 21.6 Å². The number of aromatic hydroxyl groups is 1. The molecular weight excluding hydrogens is 965 g/mol. The van der Waals surface area contributed by atoms with Crippen LogP contribution in [0.2, 0.25) is 0 Å². The van der Waals surface area contributed by atoms with E-state index in [1.165, 1.54) is 29.2 Å². The molecule has 386 valence electrons. The van der Waals surface area contributed by atoms with Gasteiger partial charge in [-0.05, 0) is 55.4 Å². The van der Waals surface area contributed by atoms with Gasteiger partial charge in [0.25, 0.3) is 0 Å². The Morgan fingerprint density at radius 2 is 1.28 bits per heavy atom. The number of nitrogens with zero attached hydrogens (tertiary/aromatic N) is 2. The highest BCUT2D eigenvalue weighted by Crippen LogP contribution is 2.26. The van der Waals surface area contributed by atoms with Crippen LogP contribution in [0, 0.1) is 0 Å². The number of phenolic OH excluding ortho intramolecular Hbond substituents is 1. The zero-order valence-corrected chi connectivity index (χ0v) is 40.3. The summed E-state index contributed by atoms with van der Waals surface area (Å²) in [5.41, 5.74) is 34.7. The highest BCUT2D eigenvalue weighted by molar-refractivity contribution is 8.76. The monoisotopic (exact) mass is 1030 g/mol. The van der Waals surface area contributed by atoms with Crippen LogP contribution in [0.4, 0.5) is 0 Å². The summed E-state index contributed by atoms with van der Waals surface area (Å²) in [6.45, 7) is 0.196. The molecule has 2 aliphatic rings. The largest absolute Gasteiger partial charge is 0.508 e. The van der Waals surface area contributed by atoms with E-state index in [9.17, 15) is 53.1 Å². The number of likely N-dealkylation sites (tertiary alicyclic amines) is 1. The maximum Gasteiger partial charge on any atom is 0.246 e. The van der Waals surface area contributed by atoms with Crippen molar-refractivity contribution in [2.45, 2.75) is 106 Å². The van der Waals surface area contributed by atoms with E-state index in [2.05, 4.69) is 36.9 Å². The second-order valence-corrected chi connectivity index (χ2v) is 19.4. The predicted octanol–water partition coefficient (Wildman–Crippen LogP) is -4.52. The van der Waals surface area contributed by atoms with Gasteiger partial charge in [0, 0.05) is 43.9 Å². The van der Waals surface area contributed by atoms with Crippen molar-refractivity contribution >= 4 is 86.6 Å². The second-order valence-electron chi connectivity index (χ2n) is 16.8. The molecule has 19 N–H and O–H groups in total. The Kier molecular flexibility index (Phi) is 22.2. The summed E-state index contributed by atoms with van der Waals surface area (Å²) in [5, 5.41) is 25.3. The van der Waals surface area contributed by atoms with E-state index in [1.807, 2.05) is 0 Å². The number of carbonyl (C=O) groups is 10. The molecule has 0 unspecified atom stereocenters. The Labute approximate surface area is 416 Å². The van der Waals surface area contributed by atoms with Gasteiger partial charge < -0.3 is 76.3 Å². The number of amides is 10. The standard InChI is InChI=1S/C44H62N14O11S2/c45-26-21-70-71-22-32(43(69)58-17-5-9-33(58)42(68)52-27(36(48)62)8-4-16-51-44(49)50)57-41(67)31(20-35(47)61)56-38(64)28(14-15-34(46)60)53-39(65)30(18-23-6-2-1-3-7-23)55-40(66)29(54-37(26)63)19-24-10-12-25(59)13-11-24/h1-3,6-7,10-13,26-33,59H,4-5,8-9,14-22,45H2,(H2,46,60)(H2,47,61)(H2,48,62)(H,52,68)(H,53,65)(H,54,63)(H,55,66)(H,56,64)(H,57,67)(H4,49,50,51)/t26-,27-,28-,29-,30-,31-,32-,33-/m0/s1. The number of nitrogens with two attached hydrogens (primary N) is 6. The van der Waals surface area contributed by atoms with Crippen molar-refractivity contribution in [3.05, 3.63) is 65.7 Å². The molecule has 4 rings (SSSR count). The van der Waals surface area contributed by atoms with Crippen molar-refractivity contribution in [1.82, 2.24) is 36.8 Å². The number of primary amides is 3. The van der Waals surface area contributed by atoms with Gasteiger partial charge in [-0.2, -0.15) is 0 Å². The molecule has 8 atom stereocenters. The molecule has 2 aromatic rings. The number of aliphatic imine (C=N–C) groups is 1. The molecule has 2 aliphatic heterocycles. The number of phenols is 1. The van der Waals surface area contributed by atoms with Gasteiger partial charge in [-0.15, -0.1) is 0 Å². The van der Waals surface area contributed by atoms with Gasteiger partial charge in [-0.1, -0.05) is 64.1 Å². The quantitative estimate of drug-likeness (QED) is 0.0307. The minimum Gasteiger partial charge on any atom is -0.508 e. The average molecular weight is 1030 g/mol. The van der Waals surface area contributed by atoms with Crippen LogP contribution >= 0.6 is 21.6 Å². The summed E-state index contributed by atoms with van der Waals surface area (Å²) in [6, 6.07) is 3.17. The highest BCUT2D eigenvalue weighted by Gasteiger charge is 2.40. The Hall–Kier alpha value is -7.13. The number of hydrogen-bond donors (Lipinski definition) is 13. The van der Waals surface area contributed by atoms with Crippen molar-refractivity contribution in [3.63, 3.8) is 0 Å². The van der Waals surface area contributed by atoms with Crippen molar-refractivity contribution in [3.8, 4) is 5.75 Å². The first-order chi connectivity index (χ1) is 33.7. The fourth-order valence-corrected chi connectivity index (χ4v) is 9.80. The third kappa shape index (κ3) is 18.6. The van der Waals surface area contributed by atoms with E-state index < -0.39 is 127 Å². The molecular formula is C44H62N14O11S2.